The van der Waals surface area contributed by atoms with Crippen LogP contribution in [0.5, 0.6) is 5.75 Å². The van der Waals surface area contributed by atoms with Crippen molar-refractivity contribution in [3.63, 3.8) is 0 Å². The Kier molecular flexibility index (Phi) is 6.59. The van der Waals surface area contributed by atoms with E-state index in [1.165, 1.54) is 41.2 Å². The number of halogens is 3. The number of fused-ring (bicyclic) bond motifs is 1. The smallest absolute Gasteiger partial charge is 0.387 e. The summed E-state index contributed by atoms with van der Waals surface area (Å²) < 4.78 is 29.2. The van der Waals surface area contributed by atoms with Gasteiger partial charge in [-0.3, -0.25) is 4.79 Å². The number of thiophene rings is 1. The van der Waals surface area contributed by atoms with Crippen molar-refractivity contribution in [1.82, 2.24) is 9.97 Å². The van der Waals surface area contributed by atoms with Crippen LogP contribution in [0.2, 0.25) is 5.02 Å². The van der Waals surface area contributed by atoms with E-state index >= 15 is 0 Å². The van der Waals surface area contributed by atoms with Gasteiger partial charge in [0.25, 0.3) is 5.91 Å². The maximum Gasteiger partial charge on any atom is 0.387 e. The van der Waals surface area contributed by atoms with Gasteiger partial charge in [0, 0.05) is 20.8 Å². The van der Waals surface area contributed by atoms with Crippen LogP contribution in [0.1, 0.15) is 20.8 Å². The molecule has 1 amide bonds. The molecule has 5 nitrogen and oxygen atoms in total. The van der Waals surface area contributed by atoms with Crippen molar-refractivity contribution in [2.24, 2.45) is 0 Å². The Balaban J connectivity index is 1.60. The highest BCUT2D eigenvalue weighted by Crippen LogP contribution is 2.38. The minimum atomic E-state index is -2.99. The molecule has 0 atom stereocenters. The summed E-state index contributed by atoms with van der Waals surface area (Å²) in [6, 6.07) is 11.2. The lowest BCUT2D eigenvalue weighted by Crippen LogP contribution is -2.13. The van der Waals surface area contributed by atoms with Crippen LogP contribution in [0.15, 0.2) is 58.7 Å². The first-order valence-electron chi connectivity index (χ1n) is 9.36. The predicted molar refractivity (Wildman–Crippen MR) is 123 cm³/mol. The summed E-state index contributed by atoms with van der Waals surface area (Å²) in [4.78, 5) is 24.6. The van der Waals surface area contributed by atoms with Crippen molar-refractivity contribution < 1.29 is 18.3 Å². The fourth-order valence-corrected chi connectivity index (χ4v) is 5.41. The van der Waals surface area contributed by atoms with Gasteiger partial charge in [0.1, 0.15) is 21.9 Å². The second kappa shape index (κ2) is 9.40. The number of hydrogen-bond donors (Lipinski definition) is 1. The molecule has 0 aliphatic rings. The Morgan fingerprint density at radius 3 is 2.72 bits per heavy atom. The summed E-state index contributed by atoms with van der Waals surface area (Å²) in [7, 11) is 0. The molecule has 0 aliphatic heterocycles. The number of aromatic nitrogens is 2. The second-order valence-electron chi connectivity index (χ2n) is 6.72. The van der Waals surface area contributed by atoms with E-state index in [1.807, 2.05) is 26.0 Å². The lowest BCUT2D eigenvalue weighted by molar-refractivity contribution is -0.0497. The minimum absolute atomic E-state index is 0.0301. The number of benzene rings is 2. The van der Waals surface area contributed by atoms with Crippen molar-refractivity contribution in [3.05, 3.63) is 69.8 Å². The van der Waals surface area contributed by atoms with Gasteiger partial charge in [-0.05, 0) is 49.7 Å². The van der Waals surface area contributed by atoms with E-state index in [1.54, 1.807) is 23.5 Å². The highest BCUT2D eigenvalue weighted by molar-refractivity contribution is 7.99. The normalized spacial score (nSPS) is 11.2. The van der Waals surface area contributed by atoms with Crippen LogP contribution in [0.25, 0.3) is 10.2 Å². The van der Waals surface area contributed by atoms with Crippen LogP contribution in [-0.2, 0) is 0 Å². The van der Waals surface area contributed by atoms with Gasteiger partial charge in [0.2, 0.25) is 0 Å². The lowest BCUT2D eigenvalue weighted by Gasteiger charge is -2.12. The van der Waals surface area contributed by atoms with Gasteiger partial charge in [0.15, 0.2) is 0 Å². The topological polar surface area (TPSA) is 64.1 Å². The molecule has 32 heavy (non-hydrogen) atoms. The number of aryl methyl sites for hydroxylation is 2. The Hall–Kier alpha value is -2.75. The van der Waals surface area contributed by atoms with E-state index in [0.29, 0.717) is 11.3 Å². The molecule has 0 saturated heterocycles. The molecule has 4 rings (SSSR count). The number of alkyl halides is 2. The summed E-state index contributed by atoms with van der Waals surface area (Å²) >= 11 is 8.98. The molecular weight excluding hydrogens is 476 g/mol. The zero-order valence-corrected chi connectivity index (χ0v) is 19.2. The number of nitrogens with zero attached hydrogens (tertiary/aromatic N) is 2. The van der Waals surface area contributed by atoms with Crippen LogP contribution >= 0.6 is 34.7 Å². The van der Waals surface area contributed by atoms with Gasteiger partial charge in [-0.1, -0.05) is 35.5 Å². The summed E-state index contributed by atoms with van der Waals surface area (Å²) in [5.74, 6) is -0.528. The maximum atomic E-state index is 13.0. The molecular formula is C22H16ClF2N3O2S2. The first-order valence-corrected chi connectivity index (χ1v) is 11.4. The van der Waals surface area contributed by atoms with Crippen LogP contribution in [0.3, 0.4) is 0 Å². The van der Waals surface area contributed by atoms with E-state index in [0.717, 1.165) is 25.7 Å². The van der Waals surface area contributed by atoms with E-state index < -0.39 is 6.61 Å². The van der Waals surface area contributed by atoms with Crippen LogP contribution in [0.4, 0.5) is 14.5 Å². The maximum absolute atomic E-state index is 13.0. The molecule has 2 aromatic carbocycles. The number of amides is 1. The largest absolute Gasteiger partial charge is 0.433 e. The molecule has 0 fully saturated rings. The Bertz CT molecular complexity index is 1310. The molecule has 10 heteroatoms. The summed E-state index contributed by atoms with van der Waals surface area (Å²) in [6.45, 7) is 1.09. The van der Waals surface area contributed by atoms with Gasteiger partial charge in [-0.15, -0.1) is 11.3 Å². The fourth-order valence-electron chi connectivity index (χ4n) is 3.04. The summed E-state index contributed by atoms with van der Waals surface area (Å²) in [5, 5.41) is 4.47. The molecule has 0 saturated carbocycles. The Morgan fingerprint density at radius 1 is 1.19 bits per heavy atom. The highest BCUT2D eigenvalue weighted by Gasteiger charge is 2.18. The third kappa shape index (κ3) is 4.69. The fraction of sp³-hybridized carbons (Fsp3) is 0.136. The zero-order chi connectivity index (χ0) is 22.8. The average molecular weight is 492 g/mol. The van der Waals surface area contributed by atoms with Crippen molar-refractivity contribution >= 4 is 56.5 Å². The summed E-state index contributed by atoms with van der Waals surface area (Å²) in [5.41, 5.74) is 1.92. The van der Waals surface area contributed by atoms with Crippen LogP contribution in [0, 0.1) is 13.8 Å². The number of ether oxygens (including phenoxy) is 1. The number of carbonyl (C=O) groups excluding carboxylic acids is 1. The number of hydrogen-bond acceptors (Lipinski definition) is 6. The molecule has 2 heterocycles. The highest BCUT2D eigenvalue weighted by atomic mass is 35.5. The van der Waals surface area contributed by atoms with Gasteiger partial charge in [-0.2, -0.15) is 8.78 Å². The van der Waals surface area contributed by atoms with E-state index in [4.69, 9.17) is 11.6 Å². The first-order chi connectivity index (χ1) is 15.3. The molecule has 0 aliphatic carbocycles. The molecule has 0 bridgehead atoms. The van der Waals surface area contributed by atoms with Crippen LogP contribution < -0.4 is 10.1 Å². The monoisotopic (exact) mass is 491 g/mol. The molecule has 164 valence electrons. The standard InChI is InChI=1S/C22H16ClF2N3O2S2/c1-11-12(2)31-20-18(11)21(27-10-26-20)32-17-6-4-3-5-14(17)19(29)28-13-7-8-16(15(23)9-13)30-22(24)25/h3-10,22H,1-2H3,(H,28,29). The number of carbonyl (C=O) groups is 1. The first kappa shape index (κ1) is 22.4. The number of nitrogens with one attached hydrogen (secondary N) is 1. The second-order valence-corrected chi connectivity index (χ2v) is 9.36. The van der Waals surface area contributed by atoms with Gasteiger partial charge in [-0.25, -0.2) is 9.97 Å². The average Bonchev–Trinajstić information content (AvgIpc) is 3.05. The van der Waals surface area contributed by atoms with Gasteiger partial charge >= 0.3 is 6.61 Å². The Labute approximate surface area is 195 Å². The van der Waals surface area contributed by atoms with Gasteiger partial charge < -0.3 is 10.1 Å². The molecule has 0 spiro atoms. The summed E-state index contributed by atoms with van der Waals surface area (Å²) in [6.07, 6.45) is 1.52. The van der Waals surface area contributed by atoms with E-state index in [9.17, 15) is 13.6 Å². The van der Waals surface area contributed by atoms with E-state index in [2.05, 4.69) is 20.0 Å². The quantitative estimate of drug-likeness (QED) is 0.295. The molecule has 0 unspecified atom stereocenters. The van der Waals surface area contributed by atoms with E-state index in [-0.39, 0.29) is 16.7 Å². The van der Waals surface area contributed by atoms with Crippen LogP contribution in [-0.4, -0.2) is 22.5 Å². The number of anilines is 1. The van der Waals surface area contributed by atoms with Crippen molar-refractivity contribution in [1.29, 1.82) is 0 Å². The van der Waals surface area contributed by atoms with Gasteiger partial charge in [0.05, 0.1) is 10.6 Å². The molecule has 2 aromatic heterocycles. The van der Waals surface area contributed by atoms with Crippen molar-refractivity contribution in [2.45, 2.75) is 30.4 Å². The lowest BCUT2D eigenvalue weighted by atomic mass is 10.2. The Morgan fingerprint density at radius 2 is 1.97 bits per heavy atom. The SMILES string of the molecule is Cc1sc2ncnc(Sc3ccccc3C(=O)Nc3ccc(OC(F)F)c(Cl)c3)c2c1C. The molecule has 1 N–H and O–H groups in total. The predicted octanol–water partition coefficient (Wildman–Crippen LogP) is 6.97. The number of rotatable bonds is 6. The third-order valence-electron chi connectivity index (χ3n) is 4.67. The minimum Gasteiger partial charge on any atom is -0.433 e. The molecule has 0 radical (unpaired) electrons. The zero-order valence-electron chi connectivity index (χ0n) is 16.9. The van der Waals surface area contributed by atoms with Crippen molar-refractivity contribution in [2.75, 3.05) is 5.32 Å². The van der Waals surface area contributed by atoms with Crippen molar-refractivity contribution in [3.8, 4) is 5.75 Å². The molecule has 4 aromatic rings. The third-order valence-corrected chi connectivity index (χ3v) is 7.16.